The van der Waals surface area contributed by atoms with E-state index in [2.05, 4.69) is 34.1 Å². The third kappa shape index (κ3) is 3.68. The SMILES string of the molecule is Cc1ccc(C2=C(c3ccc(CS(=O)[O-])c(F)c3)CCC2)cc1Br. The van der Waals surface area contributed by atoms with E-state index in [1.54, 1.807) is 6.07 Å². The molecule has 0 spiro atoms. The molecule has 2 nitrogen and oxygen atoms in total. The molecule has 1 atom stereocenters. The summed E-state index contributed by atoms with van der Waals surface area (Å²) in [5, 5.41) is 0. The van der Waals surface area contributed by atoms with Gasteiger partial charge in [-0.25, -0.2) is 4.39 Å². The summed E-state index contributed by atoms with van der Waals surface area (Å²) in [5.41, 5.74) is 5.79. The number of halogens is 2. The maximum Gasteiger partial charge on any atom is 0.127 e. The monoisotopic (exact) mass is 407 g/mol. The third-order valence-corrected chi connectivity index (χ3v) is 5.81. The van der Waals surface area contributed by atoms with Crippen molar-refractivity contribution in [1.29, 1.82) is 0 Å². The van der Waals surface area contributed by atoms with Crippen LogP contribution in [0.25, 0.3) is 11.1 Å². The predicted octanol–water partition coefficient (Wildman–Crippen LogP) is 5.37. The third-order valence-electron chi connectivity index (χ3n) is 4.41. The summed E-state index contributed by atoms with van der Waals surface area (Å²) in [6, 6.07) is 11.2. The van der Waals surface area contributed by atoms with E-state index < -0.39 is 16.9 Å². The van der Waals surface area contributed by atoms with Crippen molar-refractivity contribution >= 4 is 38.2 Å². The van der Waals surface area contributed by atoms with Crippen LogP contribution in [0, 0.1) is 12.7 Å². The highest BCUT2D eigenvalue weighted by Crippen LogP contribution is 2.40. The second-order valence-corrected chi connectivity index (χ2v) is 7.78. The summed E-state index contributed by atoms with van der Waals surface area (Å²) in [4.78, 5) is 0. The average molecular weight is 408 g/mol. The van der Waals surface area contributed by atoms with Gasteiger partial charge in [-0.05, 0) is 71.7 Å². The Bertz CT molecular complexity index is 845. The largest absolute Gasteiger partial charge is 0.772 e. The van der Waals surface area contributed by atoms with E-state index in [0.717, 1.165) is 40.4 Å². The first-order chi connectivity index (χ1) is 11.5. The topological polar surface area (TPSA) is 40.1 Å². The predicted molar refractivity (Wildman–Crippen MR) is 98.6 cm³/mol. The van der Waals surface area contributed by atoms with Crippen LogP contribution in [0.2, 0.25) is 0 Å². The fraction of sp³-hybridized carbons (Fsp3) is 0.263. The van der Waals surface area contributed by atoms with Crippen LogP contribution in [-0.2, 0) is 16.8 Å². The molecule has 0 bridgehead atoms. The molecular weight excluding hydrogens is 391 g/mol. The number of rotatable bonds is 4. The van der Waals surface area contributed by atoms with Crippen LogP contribution in [0.5, 0.6) is 0 Å². The minimum Gasteiger partial charge on any atom is -0.772 e. The summed E-state index contributed by atoms with van der Waals surface area (Å²) in [7, 11) is 0. The van der Waals surface area contributed by atoms with E-state index in [0.29, 0.717) is 0 Å². The van der Waals surface area contributed by atoms with Crippen molar-refractivity contribution < 1.29 is 13.2 Å². The highest BCUT2D eigenvalue weighted by atomic mass is 79.9. The Kier molecular flexibility index (Phi) is 5.33. The molecule has 0 N–H and O–H groups in total. The molecule has 2 aromatic rings. The standard InChI is InChI=1S/C19H18BrFO2S/c1-12-5-6-13(9-18(12)20)16-3-2-4-17(16)14-7-8-15(11-24(22)23)19(21)10-14/h5-10H,2-4,11H2,1H3,(H,22,23)/p-1. The van der Waals surface area contributed by atoms with Gasteiger partial charge in [-0.15, -0.1) is 0 Å². The molecule has 1 aliphatic rings. The van der Waals surface area contributed by atoms with Crippen molar-refractivity contribution in [2.45, 2.75) is 31.9 Å². The van der Waals surface area contributed by atoms with Gasteiger partial charge in [-0.2, -0.15) is 0 Å². The van der Waals surface area contributed by atoms with Crippen LogP contribution in [0.4, 0.5) is 4.39 Å². The Morgan fingerprint density at radius 1 is 1.12 bits per heavy atom. The Hall–Kier alpha value is -1.30. The van der Waals surface area contributed by atoms with E-state index in [4.69, 9.17) is 0 Å². The quantitative estimate of drug-likeness (QED) is 0.638. The van der Waals surface area contributed by atoms with Gasteiger partial charge in [-0.1, -0.05) is 51.3 Å². The molecule has 0 amide bonds. The Morgan fingerprint density at radius 3 is 2.33 bits per heavy atom. The zero-order valence-corrected chi connectivity index (χ0v) is 15.7. The molecular formula is C19H17BrFO2S-. The minimum absolute atomic E-state index is 0.213. The summed E-state index contributed by atoms with van der Waals surface area (Å²) in [5.74, 6) is -0.747. The molecule has 0 saturated carbocycles. The van der Waals surface area contributed by atoms with Crippen LogP contribution >= 0.6 is 15.9 Å². The Balaban J connectivity index is 2.01. The molecule has 0 aliphatic heterocycles. The normalized spacial score (nSPS) is 15.8. The van der Waals surface area contributed by atoms with Crippen molar-refractivity contribution in [3.05, 3.63) is 68.9 Å². The van der Waals surface area contributed by atoms with Crippen molar-refractivity contribution in [3.8, 4) is 0 Å². The van der Waals surface area contributed by atoms with Crippen molar-refractivity contribution in [2.24, 2.45) is 0 Å². The number of allylic oxidation sites excluding steroid dienone is 2. The summed E-state index contributed by atoms with van der Waals surface area (Å²) in [6.07, 6.45) is 2.93. The van der Waals surface area contributed by atoms with Gasteiger partial charge in [0.15, 0.2) is 0 Å². The summed E-state index contributed by atoms with van der Waals surface area (Å²) in [6.45, 7) is 2.05. The Morgan fingerprint density at radius 2 is 1.75 bits per heavy atom. The zero-order chi connectivity index (χ0) is 17.3. The van der Waals surface area contributed by atoms with E-state index in [-0.39, 0.29) is 11.3 Å². The lowest BCUT2D eigenvalue weighted by atomic mass is 9.96. The van der Waals surface area contributed by atoms with Gasteiger partial charge in [-0.3, -0.25) is 4.21 Å². The lowest BCUT2D eigenvalue weighted by Gasteiger charge is -2.12. The van der Waals surface area contributed by atoms with E-state index in [1.165, 1.54) is 17.2 Å². The first-order valence-corrected chi connectivity index (χ1v) is 9.82. The highest BCUT2D eigenvalue weighted by Gasteiger charge is 2.19. The lowest BCUT2D eigenvalue weighted by molar-refractivity contribution is 0.533. The number of hydrogen-bond donors (Lipinski definition) is 0. The van der Waals surface area contributed by atoms with Crippen LogP contribution in [0.15, 0.2) is 40.9 Å². The van der Waals surface area contributed by atoms with Crippen LogP contribution in [0.1, 0.15) is 41.5 Å². The molecule has 3 rings (SSSR count). The van der Waals surface area contributed by atoms with Gasteiger partial charge in [0.25, 0.3) is 0 Å². The van der Waals surface area contributed by atoms with Crippen molar-refractivity contribution in [1.82, 2.24) is 0 Å². The first-order valence-electron chi connectivity index (χ1n) is 7.79. The van der Waals surface area contributed by atoms with Gasteiger partial charge in [0, 0.05) is 10.2 Å². The fourth-order valence-electron chi connectivity index (χ4n) is 3.14. The van der Waals surface area contributed by atoms with Gasteiger partial charge < -0.3 is 4.55 Å². The number of aryl methyl sites for hydroxylation is 1. The number of benzene rings is 2. The van der Waals surface area contributed by atoms with Gasteiger partial charge in [0.05, 0.1) is 0 Å². The van der Waals surface area contributed by atoms with E-state index in [1.807, 2.05) is 13.0 Å². The van der Waals surface area contributed by atoms with E-state index >= 15 is 0 Å². The highest BCUT2D eigenvalue weighted by molar-refractivity contribution is 9.10. The molecule has 5 heteroatoms. The zero-order valence-electron chi connectivity index (χ0n) is 13.3. The molecule has 0 heterocycles. The summed E-state index contributed by atoms with van der Waals surface area (Å²) >= 11 is 1.29. The smallest absolute Gasteiger partial charge is 0.127 e. The molecule has 2 aromatic carbocycles. The van der Waals surface area contributed by atoms with Gasteiger partial charge >= 0.3 is 0 Å². The fourth-order valence-corrected chi connectivity index (χ4v) is 4.01. The second kappa shape index (κ2) is 7.30. The van der Waals surface area contributed by atoms with Crippen molar-refractivity contribution in [2.75, 3.05) is 0 Å². The molecule has 1 unspecified atom stereocenters. The molecule has 24 heavy (non-hydrogen) atoms. The molecule has 126 valence electrons. The molecule has 0 aromatic heterocycles. The minimum atomic E-state index is -2.28. The molecule has 0 fully saturated rings. The molecule has 0 saturated heterocycles. The summed E-state index contributed by atoms with van der Waals surface area (Å²) < 4.78 is 36.8. The maximum atomic E-state index is 14.2. The Labute approximate surface area is 152 Å². The van der Waals surface area contributed by atoms with Crippen LogP contribution in [0.3, 0.4) is 0 Å². The molecule has 1 aliphatic carbocycles. The van der Waals surface area contributed by atoms with Gasteiger partial charge in [0.2, 0.25) is 0 Å². The van der Waals surface area contributed by atoms with Crippen molar-refractivity contribution in [3.63, 3.8) is 0 Å². The lowest BCUT2D eigenvalue weighted by Crippen LogP contribution is -1.98. The van der Waals surface area contributed by atoms with Gasteiger partial charge in [0.1, 0.15) is 5.82 Å². The first kappa shape index (κ1) is 17.5. The maximum absolute atomic E-state index is 14.2. The molecule has 0 radical (unpaired) electrons. The second-order valence-electron chi connectivity index (χ2n) is 6.03. The van der Waals surface area contributed by atoms with E-state index in [9.17, 15) is 13.2 Å². The average Bonchev–Trinajstić information content (AvgIpc) is 3.01. The van der Waals surface area contributed by atoms with Crippen LogP contribution < -0.4 is 0 Å². The number of hydrogen-bond acceptors (Lipinski definition) is 2. The van der Waals surface area contributed by atoms with Crippen LogP contribution in [-0.4, -0.2) is 8.76 Å².